The van der Waals surface area contributed by atoms with E-state index in [-0.39, 0.29) is 17.9 Å². The summed E-state index contributed by atoms with van der Waals surface area (Å²) in [6.45, 7) is 19.9. The first-order valence-electron chi connectivity index (χ1n) is 17.2. The number of hydrogen-bond donors (Lipinski definition) is 2. The van der Waals surface area contributed by atoms with Gasteiger partial charge in [-0.3, -0.25) is 13.9 Å². The molecule has 264 valence electrons. The van der Waals surface area contributed by atoms with Crippen LogP contribution in [0, 0.1) is 13.8 Å². The van der Waals surface area contributed by atoms with Crippen LogP contribution in [-0.2, 0) is 13.6 Å². The summed E-state index contributed by atoms with van der Waals surface area (Å²) in [5, 5.41) is 1.76. The number of nitrogens with two attached hydrogens (primary N) is 1. The summed E-state index contributed by atoms with van der Waals surface area (Å²) >= 11 is 0. The van der Waals surface area contributed by atoms with E-state index in [1.54, 1.807) is 24.9 Å². The quantitative estimate of drug-likeness (QED) is 0.177. The minimum absolute atomic E-state index is 0.0717. The maximum Gasteiger partial charge on any atom is 0.334 e. The number of ether oxygens (including phenoxy) is 2. The molecule has 3 aromatic heterocycles. The van der Waals surface area contributed by atoms with Gasteiger partial charge in [0.15, 0.2) is 0 Å². The molecular weight excluding hydrogens is 614 g/mol. The van der Waals surface area contributed by atoms with Crippen molar-refractivity contribution >= 4 is 27.7 Å². The molecule has 1 amide bonds. The number of hydrogen-bond acceptors (Lipinski definition) is 4. The zero-order valence-electron chi connectivity index (χ0n) is 31.6. The highest BCUT2D eigenvalue weighted by Gasteiger charge is 2.30. The molecule has 0 unspecified atom stereocenters. The average molecular weight is 670 g/mol. The van der Waals surface area contributed by atoms with Crippen molar-refractivity contribution in [2.75, 3.05) is 14.2 Å². The van der Waals surface area contributed by atoms with Gasteiger partial charge in [-0.1, -0.05) is 91.8 Å². The van der Waals surface area contributed by atoms with Crippen molar-refractivity contribution in [1.29, 1.82) is 0 Å². The summed E-state index contributed by atoms with van der Waals surface area (Å²) in [5.74, 6) is 0.479. The van der Waals surface area contributed by atoms with Crippen LogP contribution in [-0.4, -0.2) is 38.8 Å². The van der Waals surface area contributed by atoms with Gasteiger partial charge in [0.1, 0.15) is 17.2 Å². The molecule has 49 heavy (non-hydrogen) atoms. The Kier molecular flexibility index (Phi) is 15.0. The number of imidazole rings is 1. The molecule has 9 nitrogen and oxygen atoms in total. The molecule has 0 aliphatic rings. The van der Waals surface area contributed by atoms with Crippen molar-refractivity contribution in [3.63, 3.8) is 0 Å². The Hall–Kier alpha value is -5.18. The molecule has 0 saturated carbocycles. The molecule has 0 aliphatic carbocycles. The van der Waals surface area contributed by atoms with Crippen LogP contribution >= 0.6 is 0 Å². The minimum Gasteiger partial charge on any atom is -0.497 e. The van der Waals surface area contributed by atoms with Crippen molar-refractivity contribution in [2.45, 2.75) is 75.8 Å². The Morgan fingerprint density at radius 1 is 0.837 bits per heavy atom. The molecule has 9 heteroatoms. The highest BCUT2D eigenvalue weighted by Crippen LogP contribution is 2.38. The van der Waals surface area contributed by atoms with Crippen molar-refractivity contribution in [3.8, 4) is 28.4 Å². The minimum atomic E-state index is -0.703. The van der Waals surface area contributed by atoms with Gasteiger partial charge < -0.3 is 24.8 Å². The lowest BCUT2D eigenvalue weighted by molar-refractivity contribution is 0.0992. The molecule has 0 radical (unpaired) electrons. The van der Waals surface area contributed by atoms with Crippen LogP contribution in [0.25, 0.3) is 38.8 Å². The predicted octanol–water partition coefficient (Wildman–Crippen LogP) is 9.17. The summed E-state index contributed by atoms with van der Waals surface area (Å²) in [4.78, 5) is 31.4. The second-order valence-electron chi connectivity index (χ2n) is 10.2. The van der Waals surface area contributed by atoms with Crippen LogP contribution in [0.4, 0.5) is 0 Å². The molecule has 0 aliphatic heterocycles. The molecule has 3 heterocycles. The third kappa shape index (κ3) is 7.61. The lowest BCUT2D eigenvalue weighted by Crippen LogP contribution is -2.27. The normalized spacial score (nSPS) is 10.1. The first-order chi connectivity index (χ1) is 23.7. The molecule has 0 saturated heterocycles. The van der Waals surface area contributed by atoms with Gasteiger partial charge in [0, 0.05) is 57.9 Å². The van der Waals surface area contributed by atoms with E-state index >= 15 is 0 Å². The Balaban J connectivity index is 0.000000973. The summed E-state index contributed by atoms with van der Waals surface area (Å²) < 4.78 is 16.2. The van der Waals surface area contributed by atoms with E-state index in [9.17, 15) is 9.59 Å². The number of aromatic nitrogens is 4. The van der Waals surface area contributed by atoms with E-state index in [0.29, 0.717) is 22.9 Å². The number of carbonyl (C=O) groups excluding carboxylic acids is 1. The number of primary amides is 1. The fourth-order valence-electron chi connectivity index (χ4n) is 5.89. The van der Waals surface area contributed by atoms with Gasteiger partial charge in [-0.2, -0.15) is 0 Å². The van der Waals surface area contributed by atoms with Gasteiger partial charge in [0.25, 0.3) is 5.91 Å². The predicted molar refractivity (Wildman–Crippen MR) is 206 cm³/mol. The monoisotopic (exact) mass is 669 g/mol. The standard InChI is InChI=1S/C32H31N5O4.4C2H6/c1-18-14-20(40-4)15-27(41-5)23(18)16-36-30(31(33)38)29(28-19(2)34-24-12-8-6-10-21(24)28)37(32(36)39)26-17-35(3)25-13-9-7-11-22(25)26;4*1-2/h6-15,17,34H,16H2,1-5H3,(H2,33,38);4*1-2H3. The Morgan fingerprint density at radius 3 is 2.02 bits per heavy atom. The highest BCUT2D eigenvalue weighted by molar-refractivity contribution is 6.05. The molecule has 6 rings (SSSR count). The van der Waals surface area contributed by atoms with Crippen molar-refractivity contribution in [2.24, 2.45) is 12.8 Å². The second-order valence-corrected chi connectivity index (χ2v) is 10.2. The number of fused-ring (bicyclic) bond motifs is 2. The maximum absolute atomic E-state index is 14.6. The molecule has 3 N–H and O–H groups in total. The topological polar surface area (TPSA) is 109 Å². The SMILES string of the molecule is CC.CC.CC.CC.COc1cc(C)c(Cn2c(C(N)=O)c(-c3c(C)[nH]c4ccccc34)n(-c3cn(C)c4ccccc34)c2=O)c(OC)c1. The van der Waals surface area contributed by atoms with Crippen LogP contribution in [0.5, 0.6) is 11.5 Å². The number of carbonyl (C=O) groups is 1. The van der Waals surface area contributed by atoms with Gasteiger partial charge in [-0.25, -0.2) is 4.79 Å². The number of rotatable bonds is 7. The summed E-state index contributed by atoms with van der Waals surface area (Å²) in [7, 11) is 5.09. The lowest BCUT2D eigenvalue weighted by atomic mass is 10.0. The molecule has 3 aromatic carbocycles. The summed E-state index contributed by atoms with van der Waals surface area (Å²) in [6, 6.07) is 19.3. The molecule has 0 atom stereocenters. The second kappa shape index (κ2) is 18.4. The fraction of sp³-hybridized carbons (Fsp3) is 0.350. The number of para-hydroxylation sites is 2. The Morgan fingerprint density at radius 2 is 1.43 bits per heavy atom. The largest absolute Gasteiger partial charge is 0.497 e. The van der Waals surface area contributed by atoms with Gasteiger partial charge in [0.2, 0.25) is 0 Å². The number of aromatic amines is 1. The van der Waals surface area contributed by atoms with Crippen LogP contribution in [0.15, 0.2) is 71.7 Å². The zero-order valence-corrected chi connectivity index (χ0v) is 31.6. The number of methoxy groups -OCH3 is 2. The van der Waals surface area contributed by atoms with E-state index < -0.39 is 5.91 Å². The maximum atomic E-state index is 14.6. The number of aryl methyl sites for hydroxylation is 3. The van der Waals surface area contributed by atoms with Crippen molar-refractivity contribution in [1.82, 2.24) is 18.7 Å². The Bertz CT molecular complexity index is 2040. The summed E-state index contributed by atoms with van der Waals surface area (Å²) in [5.41, 5.74) is 12.0. The Labute approximate surface area is 291 Å². The van der Waals surface area contributed by atoms with Crippen LogP contribution in [0.2, 0.25) is 0 Å². The number of benzene rings is 3. The van der Waals surface area contributed by atoms with E-state index in [2.05, 4.69) is 4.98 Å². The molecular formula is C40H55N5O4. The average Bonchev–Trinajstić information content (AvgIpc) is 3.75. The van der Waals surface area contributed by atoms with Gasteiger partial charge in [-0.05, 0) is 37.6 Å². The van der Waals surface area contributed by atoms with E-state index in [4.69, 9.17) is 15.2 Å². The van der Waals surface area contributed by atoms with E-state index in [0.717, 1.165) is 44.2 Å². The van der Waals surface area contributed by atoms with Crippen molar-refractivity contribution in [3.05, 3.63) is 99.9 Å². The first-order valence-corrected chi connectivity index (χ1v) is 17.2. The van der Waals surface area contributed by atoms with Crippen LogP contribution in [0.1, 0.15) is 82.7 Å². The number of H-pyrrole nitrogens is 1. The first kappa shape index (κ1) is 40.0. The fourth-order valence-corrected chi connectivity index (χ4v) is 5.89. The number of amides is 1. The van der Waals surface area contributed by atoms with Crippen LogP contribution in [0.3, 0.4) is 0 Å². The third-order valence-electron chi connectivity index (χ3n) is 7.80. The molecule has 0 spiro atoms. The molecule has 0 fully saturated rings. The zero-order chi connectivity index (χ0) is 37.0. The van der Waals surface area contributed by atoms with Gasteiger partial charge >= 0.3 is 5.69 Å². The van der Waals surface area contributed by atoms with Gasteiger partial charge in [0.05, 0.1) is 32.1 Å². The summed E-state index contributed by atoms with van der Waals surface area (Å²) in [6.07, 6.45) is 1.91. The third-order valence-corrected chi connectivity index (χ3v) is 7.80. The number of nitrogens with one attached hydrogen (secondary N) is 1. The van der Waals surface area contributed by atoms with Gasteiger partial charge in [-0.15, -0.1) is 0 Å². The van der Waals surface area contributed by atoms with E-state index in [1.165, 1.54) is 4.57 Å². The van der Waals surface area contributed by atoms with Crippen molar-refractivity contribution < 1.29 is 14.3 Å². The highest BCUT2D eigenvalue weighted by atomic mass is 16.5. The van der Waals surface area contributed by atoms with E-state index in [1.807, 2.05) is 142 Å². The molecule has 6 aromatic rings. The molecule has 0 bridgehead atoms. The van der Waals surface area contributed by atoms with Crippen LogP contribution < -0.4 is 20.9 Å². The lowest BCUT2D eigenvalue weighted by Gasteiger charge is -2.15. The smallest absolute Gasteiger partial charge is 0.334 e. The number of nitrogens with zero attached hydrogens (tertiary/aromatic N) is 3.